The van der Waals surface area contributed by atoms with Gasteiger partial charge in [-0.25, -0.2) is 0 Å². The molecule has 0 aliphatic carbocycles. The highest BCUT2D eigenvalue weighted by Gasteiger charge is 2.08. The van der Waals surface area contributed by atoms with Crippen LogP contribution in [-0.2, 0) is 21.5 Å². The van der Waals surface area contributed by atoms with Crippen molar-refractivity contribution in [3.63, 3.8) is 0 Å². The third-order valence-corrected chi connectivity index (χ3v) is 2.36. The van der Waals surface area contributed by atoms with Crippen molar-refractivity contribution in [2.24, 2.45) is 0 Å². The zero-order chi connectivity index (χ0) is 9.90. The highest BCUT2D eigenvalue weighted by molar-refractivity contribution is 7.85. The lowest BCUT2D eigenvalue weighted by atomic mass is 10.2. The standard InChI is InChI=1S/C8H10O4S/c1-12-6-7-3-2-4-8(5-7)13(9,10)11/h2-5H,6H2,1H3,(H,9,10,11). The Balaban J connectivity index is 3.06. The van der Waals surface area contributed by atoms with Gasteiger partial charge in [-0.1, -0.05) is 12.1 Å². The molecule has 0 heterocycles. The fourth-order valence-corrected chi connectivity index (χ4v) is 1.51. The first-order valence-electron chi connectivity index (χ1n) is 3.59. The molecule has 1 rings (SSSR count). The van der Waals surface area contributed by atoms with Crippen molar-refractivity contribution in [2.75, 3.05) is 7.11 Å². The van der Waals surface area contributed by atoms with Crippen LogP contribution >= 0.6 is 0 Å². The lowest BCUT2D eigenvalue weighted by Gasteiger charge is -2.01. The Morgan fingerprint density at radius 2 is 2.15 bits per heavy atom. The van der Waals surface area contributed by atoms with E-state index in [1.54, 1.807) is 12.1 Å². The number of hydrogen-bond acceptors (Lipinski definition) is 3. The zero-order valence-corrected chi connectivity index (χ0v) is 7.91. The molecular formula is C8H10O4S. The van der Waals surface area contributed by atoms with Crippen LogP contribution in [0.5, 0.6) is 0 Å². The minimum atomic E-state index is -4.10. The van der Waals surface area contributed by atoms with E-state index in [1.165, 1.54) is 19.2 Å². The summed E-state index contributed by atoms with van der Waals surface area (Å²) in [5, 5.41) is 0. The lowest BCUT2D eigenvalue weighted by molar-refractivity contribution is 0.184. The molecule has 0 aliphatic heterocycles. The van der Waals surface area contributed by atoms with Crippen molar-refractivity contribution < 1.29 is 17.7 Å². The van der Waals surface area contributed by atoms with Gasteiger partial charge in [0.1, 0.15) is 0 Å². The molecule has 0 amide bonds. The summed E-state index contributed by atoms with van der Waals surface area (Å²) >= 11 is 0. The molecule has 4 nitrogen and oxygen atoms in total. The highest BCUT2D eigenvalue weighted by Crippen LogP contribution is 2.11. The first kappa shape index (κ1) is 10.2. The van der Waals surface area contributed by atoms with Crippen LogP contribution in [0.2, 0.25) is 0 Å². The molecule has 0 spiro atoms. The topological polar surface area (TPSA) is 63.6 Å². The molecule has 0 atom stereocenters. The van der Waals surface area contributed by atoms with Gasteiger partial charge < -0.3 is 4.74 Å². The molecule has 0 aliphatic rings. The Morgan fingerprint density at radius 3 is 2.69 bits per heavy atom. The van der Waals surface area contributed by atoms with E-state index in [9.17, 15) is 8.42 Å². The second-order valence-corrected chi connectivity index (χ2v) is 3.98. The van der Waals surface area contributed by atoms with Gasteiger partial charge >= 0.3 is 0 Å². The molecule has 1 N–H and O–H groups in total. The molecule has 1 aromatic carbocycles. The molecular weight excluding hydrogens is 192 g/mol. The summed E-state index contributed by atoms with van der Waals surface area (Å²) in [6, 6.07) is 5.98. The Bertz CT molecular complexity index is 383. The van der Waals surface area contributed by atoms with Crippen LogP contribution in [0.25, 0.3) is 0 Å². The Morgan fingerprint density at radius 1 is 1.46 bits per heavy atom. The van der Waals surface area contributed by atoms with Crippen LogP contribution in [0, 0.1) is 0 Å². The maximum absolute atomic E-state index is 10.7. The first-order valence-corrected chi connectivity index (χ1v) is 5.03. The summed E-state index contributed by atoms with van der Waals surface area (Å²) in [7, 11) is -2.59. The lowest BCUT2D eigenvalue weighted by Crippen LogP contribution is -1.99. The monoisotopic (exact) mass is 202 g/mol. The molecule has 1 aromatic rings. The van der Waals surface area contributed by atoms with Crippen molar-refractivity contribution in [3.05, 3.63) is 29.8 Å². The third-order valence-electron chi connectivity index (χ3n) is 1.51. The fourth-order valence-electron chi connectivity index (χ4n) is 0.962. The van der Waals surface area contributed by atoms with Crippen molar-refractivity contribution in [3.8, 4) is 0 Å². The smallest absolute Gasteiger partial charge is 0.294 e. The molecule has 0 radical (unpaired) electrons. The molecule has 0 saturated carbocycles. The largest absolute Gasteiger partial charge is 0.380 e. The van der Waals surface area contributed by atoms with Gasteiger partial charge in [0.15, 0.2) is 0 Å². The second-order valence-electron chi connectivity index (χ2n) is 2.56. The van der Waals surface area contributed by atoms with Crippen LogP contribution in [0.1, 0.15) is 5.56 Å². The summed E-state index contributed by atoms with van der Waals surface area (Å²) in [6.45, 7) is 0.323. The van der Waals surface area contributed by atoms with Crippen molar-refractivity contribution in [1.82, 2.24) is 0 Å². The second kappa shape index (κ2) is 3.87. The summed E-state index contributed by atoms with van der Waals surface area (Å²) < 4.78 is 34.9. The number of hydrogen-bond donors (Lipinski definition) is 1. The quantitative estimate of drug-likeness (QED) is 0.745. The summed E-state index contributed by atoms with van der Waals surface area (Å²) in [6.07, 6.45) is 0. The van der Waals surface area contributed by atoms with Gasteiger partial charge in [-0.15, -0.1) is 0 Å². The van der Waals surface area contributed by atoms with E-state index >= 15 is 0 Å². The van der Waals surface area contributed by atoms with Crippen molar-refractivity contribution >= 4 is 10.1 Å². The van der Waals surface area contributed by atoms with Gasteiger partial charge in [-0.3, -0.25) is 4.55 Å². The van der Waals surface area contributed by atoms with E-state index in [0.717, 1.165) is 0 Å². The maximum atomic E-state index is 10.7. The van der Waals surface area contributed by atoms with Gasteiger partial charge in [0.25, 0.3) is 10.1 Å². The van der Waals surface area contributed by atoms with E-state index in [4.69, 9.17) is 9.29 Å². The molecule has 13 heavy (non-hydrogen) atoms. The molecule has 72 valence electrons. The fraction of sp³-hybridized carbons (Fsp3) is 0.250. The average molecular weight is 202 g/mol. The Hall–Kier alpha value is -0.910. The van der Waals surface area contributed by atoms with Gasteiger partial charge in [-0.05, 0) is 17.7 Å². The molecule has 0 aromatic heterocycles. The Kier molecular flexibility index (Phi) is 3.02. The number of ether oxygens (including phenoxy) is 1. The van der Waals surface area contributed by atoms with Crippen LogP contribution in [0.3, 0.4) is 0 Å². The van der Waals surface area contributed by atoms with Crippen LogP contribution in [0.15, 0.2) is 29.2 Å². The van der Waals surface area contributed by atoms with Crippen LogP contribution in [-0.4, -0.2) is 20.1 Å². The average Bonchev–Trinajstić information content (AvgIpc) is 2.04. The first-order chi connectivity index (χ1) is 6.04. The summed E-state index contributed by atoms with van der Waals surface area (Å²) in [4.78, 5) is -0.109. The van der Waals surface area contributed by atoms with Gasteiger partial charge in [0.05, 0.1) is 11.5 Å². The van der Waals surface area contributed by atoms with Crippen molar-refractivity contribution in [2.45, 2.75) is 11.5 Å². The number of rotatable bonds is 3. The SMILES string of the molecule is COCc1cccc(S(=O)(=O)O)c1. The normalized spacial score (nSPS) is 11.5. The predicted molar refractivity (Wildman–Crippen MR) is 47.0 cm³/mol. The van der Waals surface area contributed by atoms with Gasteiger partial charge in [0.2, 0.25) is 0 Å². The molecule has 0 fully saturated rings. The van der Waals surface area contributed by atoms with Gasteiger partial charge in [-0.2, -0.15) is 8.42 Å². The molecule has 0 saturated heterocycles. The minimum absolute atomic E-state index is 0.109. The van der Waals surface area contributed by atoms with Crippen LogP contribution < -0.4 is 0 Å². The summed E-state index contributed by atoms with van der Waals surface area (Å²) in [5.41, 5.74) is 0.706. The minimum Gasteiger partial charge on any atom is -0.380 e. The van der Waals surface area contributed by atoms with Crippen molar-refractivity contribution in [1.29, 1.82) is 0 Å². The highest BCUT2D eigenvalue weighted by atomic mass is 32.2. The number of methoxy groups -OCH3 is 1. The van der Waals surface area contributed by atoms with Gasteiger partial charge in [0, 0.05) is 7.11 Å². The molecule has 0 bridgehead atoms. The molecule has 5 heteroatoms. The van der Waals surface area contributed by atoms with E-state index in [-0.39, 0.29) is 4.90 Å². The number of benzene rings is 1. The predicted octanol–water partition coefficient (Wildman–Crippen LogP) is 1.08. The van der Waals surface area contributed by atoms with Crippen LogP contribution in [0.4, 0.5) is 0 Å². The maximum Gasteiger partial charge on any atom is 0.294 e. The van der Waals surface area contributed by atoms with E-state index < -0.39 is 10.1 Å². The van der Waals surface area contributed by atoms with E-state index in [2.05, 4.69) is 0 Å². The van der Waals surface area contributed by atoms with E-state index in [1.807, 2.05) is 0 Å². The zero-order valence-electron chi connectivity index (χ0n) is 7.10. The molecule has 0 unspecified atom stereocenters. The summed E-state index contributed by atoms with van der Waals surface area (Å²) in [5.74, 6) is 0. The Labute approximate surface area is 76.9 Å². The van der Waals surface area contributed by atoms with E-state index in [0.29, 0.717) is 12.2 Å². The third kappa shape index (κ3) is 2.80.